The van der Waals surface area contributed by atoms with E-state index in [4.69, 9.17) is 15.2 Å². The average molecular weight is 342 g/mol. The SMILES string of the molecule is COc1ccc(CNC(N)=NCc2cccc(N(C)C)c2)cc1OC. The van der Waals surface area contributed by atoms with Crippen molar-refractivity contribution in [1.29, 1.82) is 0 Å². The van der Waals surface area contributed by atoms with Gasteiger partial charge in [0.05, 0.1) is 20.8 Å². The molecule has 3 N–H and O–H groups in total. The molecule has 0 unspecified atom stereocenters. The Labute approximate surface area is 149 Å². The Morgan fingerprint density at radius 1 is 1.04 bits per heavy atom. The zero-order valence-electron chi connectivity index (χ0n) is 15.2. The quantitative estimate of drug-likeness (QED) is 0.597. The molecule has 0 amide bonds. The molecule has 0 radical (unpaired) electrons. The fraction of sp³-hybridized carbons (Fsp3) is 0.316. The van der Waals surface area contributed by atoms with Crippen LogP contribution in [0.1, 0.15) is 11.1 Å². The van der Waals surface area contributed by atoms with Crippen LogP contribution < -0.4 is 25.4 Å². The van der Waals surface area contributed by atoms with E-state index < -0.39 is 0 Å². The van der Waals surface area contributed by atoms with E-state index in [0.29, 0.717) is 30.5 Å². The number of aliphatic imine (C=N–C) groups is 1. The largest absolute Gasteiger partial charge is 0.493 e. The molecule has 2 aromatic carbocycles. The summed E-state index contributed by atoms with van der Waals surface area (Å²) >= 11 is 0. The molecule has 134 valence electrons. The molecule has 0 aliphatic carbocycles. The van der Waals surface area contributed by atoms with Crippen LogP contribution in [0.2, 0.25) is 0 Å². The molecule has 0 spiro atoms. The smallest absolute Gasteiger partial charge is 0.189 e. The van der Waals surface area contributed by atoms with Crippen LogP contribution in [-0.4, -0.2) is 34.3 Å². The van der Waals surface area contributed by atoms with Gasteiger partial charge in [-0.15, -0.1) is 0 Å². The first-order valence-electron chi connectivity index (χ1n) is 8.04. The number of benzene rings is 2. The van der Waals surface area contributed by atoms with Crippen molar-refractivity contribution in [3.05, 3.63) is 53.6 Å². The normalized spacial score (nSPS) is 11.1. The van der Waals surface area contributed by atoms with Crippen molar-refractivity contribution in [2.45, 2.75) is 13.1 Å². The predicted molar refractivity (Wildman–Crippen MR) is 102 cm³/mol. The summed E-state index contributed by atoms with van der Waals surface area (Å²) in [7, 11) is 7.27. The van der Waals surface area contributed by atoms with E-state index in [2.05, 4.69) is 27.3 Å². The number of anilines is 1. The Hall–Kier alpha value is -2.89. The molecule has 0 saturated heterocycles. The number of methoxy groups -OCH3 is 2. The maximum absolute atomic E-state index is 5.97. The summed E-state index contributed by atoms with van der Waals surface area (Å²) in [5.41, 5.74) is 9.26. The van der Waals surface area contributed by atoms with Gasteiger partial charge in [-0.25, -0.2) is 4.99 Å². The zero-order valence-corrected chi connectivity index (χ0v) is 15.2. The second kappa shape index (κ2) is 8.82. The molecular weight excluding hydrogens is 316 g/mol. The molecular formula is C19H26N4O2. The summed E-state index contributed by atoms with van der Waals surface area (Å²) in [6.45, 7) is 1.10. The fourth-order valence-electron chi connectivity index (χ4n) is 2.35. The molecule has 6 heteroatoms. The van der Waals surface area contributed by atoms with Crippen molar-refractivity contribution < 1.29 is 9.47 Å². The van der Waals surface area contributed by atoms with Gasteiger partial charge in [-0.1, -0.05) is 18.2 Å². The predicted octanol–water partition coefficient (Wildman–Crippen LogP) is 2.37. The molecule has 0 heterocycles. The Morgan fingerprint density at radius 2 is 1.80 bits per heavy atom. The number of nitrogens with two attached hydrogens (primary N) is 1. The number of nitrogens with one attached hydrogen (secondary N) is 1. The Bertz CT molecular complexity index is 729. The summed E-state index contributed by atoms with van der Waals surface area (Å²) in [5, 5.41) is 3.12. The maximum Gasteiger partial charge on any atom is 0.189 e. The van der Waals surface area contributed by atoms with Crippen LogP contribution in [0.25, 0.3) is 0 Å². The second-order valence-electron chi connectivity index (χ2n) is 5.81. The van der Waals surface area contributed by atoms with Crippen LogP contribution >= 0.6 is 0 Å². The lowest BCUT2D eigenvalue weighted by atomic mass is 10.2. The van der Waals surface area contributed by atoms with E-state index in [0.717, 1.165) is 16.8 Å². The van der Waals surface area contributed by atoms with Gasteiger partial charge in [-0.2, -0.15) is 0 Å². The van der Waals surface area contributed by atoms with Gasteiger partial charge >= 0.3 is 0 Å². The van der Waals surface area contributed by atoms with E-state index in [1.807, 2.05) is 44.4 Å². The molecule has 0 aromatic heterocycles. The fourth-order valence-corrected chi connectivity index (χ4v) is 2.35. The second-order valence-corrected chi connectivity index (χ2v) is 5.81. The molecule has 2 rings (SSSR count). The van der Waals surface area contributed by atoms with Gasteiger partial charge in [0.1, 0.15) is 0 Å². The molecule has 25 heavy (non-hydrogen) atoms. The van der Waals surface area contributed by atoms with E-state index in [-0.39, 0.29) is 0 Å². The van der Waals surface area contributed by atoms with E-state index in [9.17, 15) is 0 Å². The van der Waals surface area contributed by atoms with Crippen LogP contribution in [-0.2, 0) is 13.1 Å². The number of hydrogen-bond acceptors (Lipinski definition) is 4. The standard InChI is InChI=1S/C19H26N4O2/c1-23(2)16-7-5-6-14(10-16)12-21-19(20)22-13-15-8-9-17(24-3)18(11-15)25-4/h5-11H,12-13H2,1-4H3,(H3,20,21,22). The van der Waals surface area contributed by atoms with Crippen molar-refractivity contribution in [2.75, 3.05) is 33.2 Å². The molecule has 0 saturated carbocycles. The molecule has 0 aliphatic rings. The highest BCUT2D eigenvalue weighted by atomic mass is 16.5. The number of ether oxygens (including phenoxy) is 2. The number of nitrogens with zero attached hydrogens (tertiary/aromatic N) is 2. The molecule has 6 nitrogen and oxygen atoms in total. The van der Waals surface area contributed by atoms with Crippen LogP contribution in [0.15, 0.2) is 47.5 Å². The first-order chi connectivity index (χ1) is 12.0. The first-order valence-corrected chi connectivity index (χ1v) is 8.04. The van der Waals surface area contributed by atoms with E-state index >= 15 is 0 Å². The molecule has 0 bridgehead atoms. The lowest BCUT2D eigenvalue weighted by Gasteiger charge is -2.13. The lowest BCUT2D eigenvalue weighted by Crippen LogP contribution is -2.31. The van der Waals surface area contributed by atoms with E-state index in [1.54, 1.807) is 14.2 Å². The highest BCUT2D eigenvalue weighted by Crippen LogP contribution is 2.27. The van der Waals surface area contributed by atoms with E-state index in [1.165, 1.54) is 0 Å². The van der Waals surface area contributed by atoms with Gasteiger partial charge in [0.15, 0.2) is 17.5 Å². The molecule has 0 atom stereocenters. The Morgan fingerprint density at radius 3 is 2.48 bits per heavy atom. The Kier molecular flexibility index (Phi) is 6.51. The van der Waals surface area contributed by atoms with Crippen molar-refractivity contribution in [2.24, 2.45) is 10.7 Å². The summed E-state index contributed by atoms with van der Waals surface area (Å²) in [4.78, 5) is 6.46. The molecule has 2 aromatic rings. The summed E-state index contributed by atoms with van der Waals surface area (Å²) in [6.07, 6.45) is 0. The van der Waals surface area contributed by atoms with Crippen LogP contribution in [0.5, 0.6) is 11.5 Å². The summed E-state index contributed by atoms with van der Waals surface area (Å²) < 4.78 is 10.5. The topological polar surface area (TPSA) is 72.1 Å². The number of hydrogen-bond donors (Lipinski definition) is 2. The van der Waals surface area contributed by atoms with Gasteiger partial charge in [0.25, 0.3) is 0 Å². The number of rotatable bonds is 7. The minimum Gasteiger partial charge on any atom is -0.493 e. The van der Waals surface area contributed by atoms with Crippen LogP contribution in [0.4, 0.5) is 5.69 Å². The first kappa shape index (κ1) is 18.4. The van der Waals surface area contributed by atoms with Gasteiger partial charge in [0.2, 0.25) is 0 Å². The highest BCUT2D eigenvalue weighted by Gasteiger charge is 2.04. The third-order valence-corrected chi connectivity index (χ3v) is 3.78. The van der Waals surface area contributed by atoms with Crippen LogP contribution in [0.3, 0.4) is 0 Å². The van der Waals surface area contributed by atoms with Crippen LogP contribution in [0, 0.1) is 0 Å². The third-order valence-electron chi connectivity index (χ3n) is 3.78. The zero-order chi connectivity index (χ0) is 18.2. The monoisotopic (exact) mass is 342 g/mol. The molecule has 0 fully saturated rings. The molecule has 0 aliphatic heterocycles. The van der Waals surface area contributed by atoms with Crippen molar-refractivity contribution in [1.82, 2.24) is 5.32 Å². The highest BCUT2D eigenvalue weighted by molar-refractivity contribution is 5.77. The maximum atomic E-state index is 5.97. The van der Waals surface area contributed by atoms with Crippen molar-refractivity contribution in [3.63, 3.8) is 0 Å². The lowest BCUT2D eigenvalue weighted by molar-refractivity contribution is 0.354. The minimum atomic E-state index is 0.407. The van der Waals surface area contributed by atoms with Crippen molar-refractivity contribution >= 4 is 11.6 Å². The number of guanidine groups is 1. The van der Waals surface area contributed by atoms with Gasteiger partial charge < -0.3 is 25.4 Å². The summed E-state index contributed by atoms with van der Waals surface area (Å²) in [5.74, 6) is 1.80. The average Bonchev–Trinajstić information content (AvgIpc) is 2.64. The summed E-state index contributed by atoms with van der Waals surface area (Å²) in [6, 6.07) is 14.0. The third kappa shape index (κ3) is 5.31. The minimum absolute atomic E-state index is 0.407. The van der Waals surface area contributed by atoms with Gasteiger partial charge in [-0.05, 0) is 35.4 Å². The van der Waals surface area contributed by atoms with Gasteiger partial charge in [-0.3, -0.25) is 0 Å². The van der Waals surface area contributed by atoms with Crippen molar-refractivity contribution in [3.8, 4) is 11.5 Å². The Balaban J connectivity index is 1.94. The van der Waals surface area contributed by atoms with Gasteiger partial charge in [0, 0.05) is 26.3 Å².